The topological polar surface area (TPSA) is 236 Å². The number of nitrogens with one attached hydrogen (secondary N) is 5. The number of aliphatic carboxylic acids is 1. The molecular formula is C35H40N6O8S. The van der Waals surface area contributed by atoms with Crippen molar-refractivity contribution in [3.63, 3.8) is 0 Å². The first-order valence-electron chi connectivity index (χ1n) is 15.8. The van der Waals surface area contributed by atoms with Crippen LogP contribution in [0.2, 0.25) is 0 Å². The molecule has 0 spiro atoms. The number of aliphatic hydroxyl groups excluding tert-OH is 1. The second-order valence-corrected chi connectivity index (χ2v) is 12.0. The molecule has 264 valence electrons. The summed E-state index contributed by atoms with van der Waals surface area (Å²) in [5, 5.41) is 40.2. The SMILES string of the molecule is N[C@@H](Cc1ccccc1)C(=O)N[C@@H](Cc1ccc(O)cc1)C(=O)N[C@@H](CO)C(=O)N[C@@H](CS)C(=O)N[C@@H](Cc1c[nH]c2ccccc12)C(=O)O. The fraction of sp³-hybridized carbons (Fsp3) is 0.286. The number of aromatic amines is 1. The van der Waals surface area contributed by atoms with Crippen LogP contribution in [0.3, 0.4) is 0 Å². The molecule has 15 heteroatoms. The third-order valence-corrected chi connectivity index (χ3v) is 8.35. The molecular weight excluding hydrogens is 664 g/mol. The summed E-state index contributed by atoms with van der Waals surface area (Å²) in [4.78, 5) is 68.0. The van der Waals surface area contributed by atoms with E-state index in [1.807, 2.05) is 36.4 Å². The van der Waals surface area contributed by atoms with Gasteiger partial charge in [0.15, 0.2) is 0 Å². The number of fused-ring (bicyclic) bond motifs is 1. The van der Waals surface area contributed by atoms with Crippen molar-refractivity contribution >= 4 is 53.1 Å². The Bertz CT molecular complexity index is 1780. The molecule has 0 radical (unpaired) electrons. The van der Waals surface area contributed by atoms with Gasteiger partial charge in [0.1, 0.15) is 29.9 Å². The second-order valence-electron chi connectivity index (χ2n) is 11.7. The van der Waals surface area contributed by atoms with E-state index < -0.39 is 66.4 Å². The molecule has 14 nitrogen and oxygen atoms in total. The summed E-state index contributed by atoms with van der Waals surface area (Å²) in [5.74, 6) is -4.78. The number of aromatic nitrogens is 1. The zero-order chi connectivity index (χ0) is 36.2. The van der Waals surface area contributed by atoms with Crippen LogP contribution in [0.25, 0.3) is 10.9 Å². The zero-order valence-electron chi connectivity index (χ0n) is 26.9. The van der Waals surface area contributed by atoms with Crippen LogP contribution in [0.15, 0.2) is 85.1 Å². The number of aliphatic hydroxyl groups is 1. The van der Waals surface area contributed by atoms with Gasteiger partial charge in [-0.15, -0.1) is 0 Å². The number of carbonyl (C=O) groups is 5. The summed E-state index contributed by atoms with van der Waals surface area (Å²) in [6, 6.07) is 15.8. The van der Waals surface area contributed by atoms with E-state index in [0.29, 0.717) is 11.1 Å². The van der Waals surface area contributed by atoms with Gasteiger partial charge < -0.3 is 47.3 Å². The molecule has 10 N–H and O–H groups in total. The van der Waals surface area contributed by atoms with Crippen LogP contribution in [-0.4, -0.2) is 92.5 Å². The molecule has 3 aromatic carbocycles. The Morgan fingerprint density at radius 1 is 0.680 bits per heavy atom. The number of para-hydroxylation sites is 1. The number of amides is 4. The molecule has 0 aliphatic carbocycles. The van der Waals surface area contributed by atoms with Crippen LogP contribution >= 0.6 is 12.6 Å². The molecule has 50 heavy (non-hydrogen) atoms. The lowest BCUT2D eigenvalue weighted by Crippen LogP contribution is -2.60. The van der Waals surface area contributed by atoms with E-state index in [2.05, 4.69) is 38.9 Å². The number of thiol groups is 1. The number of hydrogen-bond acceptors (Lipinski definition) is 9. The number of nitrogens with two attached hydrogens (primary N) is 1. The summed E-state index contributed by atoms with van der Waals surface area (Å²) >= 11 is 4.14. The van der Waals surface area contributed by atoms with Crippen LogP contribution in [0.1, 0.15) is 16.7 Å². The molecule has 0 saturated heterocycles. The van der Waals surface area contributed by atoms with E-state index in [0.717, 1.165) is 16.5 Å². The third kappa shape index (κ3) is 10.3. The Morgan fingerprint density at radius 3 is 1.90 bits per heavy atom. The van der Waals surface area contributed by atoms with Gasteiger partial charge in [-0.25, -0.2) is 4.79 Å². The Morgan fingerprint density at radius 2 is 1.24 bits per heavy atom. The number of hydrogen-bond donors (Lipinski definition) is 10. The summed E-state index contributed by atoms with van der Waals surface area (Å²) in [7, 11) is 0. The van der Waals surface area contributed by atoms with Crippen molar-refractivity contribution in [1.82, 2.24) is 26.3 Å². The fourth-order valence-electron chi connectivity index (χ4n) is 5.24. The number of phenols is 1. The summed E-state index contributed by atoms with van der Waals surface area (Å²) in [5.41, 5.74) is 8.98. The molecule has 5 atom stereocenters. The van der Waals surface area contributed by atoms with E-state index >= 15 is 0 Å². The minimum absolute atomic E-state index is 0.00360. The summed E-state index contributed by atoms with van der Waals surface area (Å²) in [6.45, 7) is -0.871. The molecule has 0 aliphatic heterocycles. The van der Waals surface area contributed by atoms with Crippen molar-refractivity contribution in [1.29, 1.82) is 0 Å². The number of carboxylic acid groups (broad SMARTS) is 1. The van der Waals surface area contributed by atoms with Gasteiger partial charge in [-0.1, -0.05) is 60.7 Å². The van der Waals surface area contributed by atoms with Gasteiger partial charge >= 0.3 is 5.97 Å². The van der Waals surface area contributed by atoms with Crippen molar-refractivity contribution in [3.05, 3.63) is 102 Å². The maximum atomic E-state index is 13.5. The van der Waals surface area contributed by atoms with E-state index in [4.69, 9.17) is 5.73 Å². The largest absolute Gasteiger partial charge is 0.508 e. The first-order chi connectivity index (χ1) is 24.0. The predicted octanol–water partition coefficient (Wildman–Crippen LogP) is 0.175. The molecule has 0 bridgehead atoms. The Hall–Kier alpha value is -5.38. The zero-order valence-corrected chi connectivity index (χ0v) is 27.8. The average Bonchev–Trinajstić information content (AvgIpc) is 3.52. The lowest BCUT2D eigenvalue weighted by molar-refractivity contribution is -0.142. The van der Waals surface area contributed by atoms with Gasteiger partial charge in [0, 0.05) is 35.7 Å². The Balaban J connectivity index is 1.41. The van der Waals surface area contributed by atoms with Crippen molar-refractivity contribution < 1.29 is 39.3 Å². The Labute approximate surface area is 293 Å². The van der Waals surface area contributed by atoms with Gasteiger partial charge in [-0.05, 0) is 41.3 Å². The molecule has 4 aromatic rings. The lowest BCUT2D eigenvalue weighted by Gasteiger charge is -2.25. The van der Waals surface area contributed by atoms with E-state index in [1.54, 1.807) is 36.5 Å². The highest BCUT2D eigenvalue weighted by Crippen LogP contribution is 2.19. The highest BCUT2D eigenvalue weighted by atomic mass is 32.1. The van der Waals surface area contributed by atoms with Crippen LogP contribution in [0, 0.1) is 0 Å². The number of aromatic hydroxyl groups is 1. The molecule has 0 fully saturated rings. The minimum atomic E-state index is -1.56. The van der Waals surface area contributed by atoms with Crippen LogP contribution in [0.5, 0.6) is 5.75 Å². The average molecular weight is 705 g/mol. The Kier molecular flexibility index (Phi) is 13.4. The normalized spacial score (nSPS) is 14.1. The van der Waals surface area contributed by atoms with E-state index in [9.17, 15) is 39.3 Å². The standard InChI is InChI=1S/C35H40N6O8S/c36-25(14-20-6-2-1-3-7-20)31(44)38-27(15-21-10-12-23(43)13-11-21)32(45)40-29(18-42)33(46)41-30(19-50)34(47)39-28(35(48)49)16-22-17-37-26-9-5-4-8-24(22)26/h1-13,17,25,27-30,37,42-43,50H,14-16,18-19,36H2,(H,38,44)(H,39,47)(H,40,45)(H,41,46)(H,48,49)/t25-,27-,28-,29-,30-/m0/s1. The highest BCUT2D eigenvalue weighted by Gasteiger charge is 2.31. The smallest absolute Gasteiger partial charge is 0.326 e. The first-order valence-corrected chi connectivity index (χ1v) is 16.4. The number of carboxylic acids is 1. The number of phenolic OH excluding ortho intramolecular Hbond substituents is 1. The van der Waals surface area contributed by atoms with Gasteiger partial charge in [0.2, 0.25) is 23.6 Å². The van der Waals surface area contributed by atoms with Gasteiger partial charge in [0.25, 0.3) is 0 Å². The molecule has 1 heterocycles. The van der Waals surface area contributed by atoms with Gasteiger partial charge in [-0.3, -0.25) is 19.2 Å². The van der Waals surface area contributed by atoms with Crippen LogP contribution in [-0.2, 0) is 43.2 Å². The maximum Gasteiger partial charge on any atom is 0.326 e. The van der Waals surface area contributed by atoms with E-state index in [-0.39, 0.29) is 30.8 Å². The number of H-pyrrole nitrogens is 1. The van der Waals surface area contributed by atoms with Crippen molar-refractivity contribution in [3.8, 4) is 5.75 Å². The molecule has 4 amide bonds. The minimum Gasteiger partial charge on any atom is -0.508 e. The monoisotopic (exact) mass is 704 g/mol. The molecule has 0 aliphatic rings. The summed E-state index contributed by atoms with van der Waals surface area (Å²) < 4.78 is 0. The highest BCUT2D eigenvalue weighted by molar-refractivity contribution is 7.80. The molecule has 4 rings (SSSR count). The summed E-state index contributed by atoms with van der Waals surface area (Å²) in [6.07, 6.45) is 1.76. The van der Waals surface area contributed by atoms with Crippen molar-refractivity contribution in [2.24, 2.45) is 5.73 Å². The van der Waals surface area contributed by atoms with Crippen LogP contribution in [0.4, 0.5) is 0 Å². The molecule has 0 saturated carbocycles. The molecule has 0 unspecified atom stereocenters. The number of carbonyl (C=O) groups excluding carboxylic acids is 4. The second kappa shape index (κ2) is 17.9. The first kappa shape index (κ1) is 37.4. The van der Waals surface area contributed by atoms with Crippen LogP contribution < -0.4 is 27.0 Å². The van der Waals surface area contributed by atoms with Crippen molar-refractivity contribution in [2.75, 3.05) is 12.4 Å². The number of rotatable bonds is 17. The van der Waals surface area contributed by atoms with Crippen molar-refractivity contribution in [2.45, 2.75) is 49.5 Å². The van der Waals surface area contributed by atoms with Gasteiger partial charge in [0.05, 0.1) is 12.6 Å². The third-order valence-electron chi connectivity index (χ3n) is 7.99. The van der Waals surface area contributed by atoms with Gasteiger partial charge in [-0.2, -0.15) is 12.6 Å². The van der Waals surface area contributed by atoms with E-state index in [1.165, 1.54) is 12.1 Å². The quantitative estimate of drug-likeness (QED) is 0.0674. The predicted molar refractivity (Wildman–Crippen MR) is 188 cm³/mol. The lowest BCUT2D eigenvalue weighted by atomic mass is 10.0. The molecule has 1 aromatic heterocycles. The fourth-order valence-corrected chi connectivity index (χ4v) is 5.50. The number of benzene rings is 3. The maximum absolute atomic E-state index is 13.5.